The van der Waals surface area contributed by atoms with Gasteiger partial charge in [-0.1, -0.05) is 11.2 Å². The molecule has 0 fully saturated rings. The number of sulfonamides is 1. The Hall–Kier alpha value is -2.35. The summed E-state index contributed by atoms with van der Waals surface area (Å²) in [4.78, 5) is 10.6. The average molecular weight is 282 g/mol. The molecule has 19 heavy (non-hydrogen) atoms. The Bertz CT molecular complexity index is 720. The number of carbonyl (C=O) groups is 1. The van der Waals surface area contributed by atoms with Crippen LogP contribution in [0.4, 0.5) is 5.82 Å². The largest absolute Gasteiger partial charge is 0.478 e. The number of hydrogen-bond acceptors (Lipinski definition) is 5. The lowest BCUT2D eigenvalue weighted by molar-refractivity contribution is 0.0696. The first-order valence-electron chi connectivity index (χ1n) is 5.18. The van der Waals surface area contributed by atoms with Crippen molar-refractivity contribution in [3.8, 4) is 0 Å². The first-order valence-corrected chi connectivity index (χ1v) is 6.66. The van der Waals surface area contributed by atoms with Crippen LogP contribution in [0.5, 0.6) is 0 Å². The quantitative estimate of drug-likeness (QED) is 0.879. The third-order valence-electron chi connectivity index (χ3n) is 2.26. The van der Waals surface area contributed by atoms with Crippen LogP contribution in [-0.2, 0) is 10.0 Å². The van der Waals surface area contributed by atoms with Gasteiger partial charge >= 0.3 is 5.97 Å². The summed E-state index contributed by atoms with van der Waals surface area (Å²) in [6, 6.07) is 6.44. The number of benzene rings is 1. The predicted octanol–water partition coefficient (Wildman–Crippen LogP) is 1.48. The van der Waals surface area contributed by atoms with E-state index in [1.807, 2.05) is 0 Å². The third-order valence-corrected chi connectivity index (χ3v) is 3.61. The number of aromatic carboxylic acids is 1. The summed E-state index contributed by atoms with van der Waals surface area (Å²) >= 11 is 0. The van der Waals surface area contributed by atoms with Crippen LogP contribution >= 0.6 is 0 Å². The maximum Gasteiger partial charge on any atom is 0.335 e. The molecule has 2 aromatic rings. The number of aryl methyl sites for hydroxylation is 1. The zero-order chi connectivity index (χ0) is 14.0. The summed E-state index contributed by atoms with van der Waals surface area (Å²) in [7, 11) is -3.89. The van der Waals surface area contributed by atoms with Gasteiger partial charge in [0.05, 0.1) is 10.5 Å². The molecule has 1 aromatic carbocycles. The van der Waals surface area contributed by atoms with Crippen LogP contribution in [0.2, 0.25) is 0 Å². The number of carboxylic acid groups (broad SMARTS) is 1. The predicted molar refractivity (Wildman–Crippen MR) is 65.4 cm³/mol. The van der Waals surface area contributed by atoms with Crippen LogP contribution < -0.4 is 4.72 Å². The van der Waals surface area contributed by atoms with Crippen LogP contribution in [0.25, 0.3) is 0 Å². The molecule has 0 amide bonds. The summed E-state index contributed by atoms with van der Waals surface area (Å²) < 4.78 is 30.9. The minimum atomic E-state index is -3.89. The molecule has 2 N–H and O–H groups in total. The van der Waals surface area contributed by atoms with Crippen molar-refractivity contribution in [1.82, 2.24) is 5.16 Å². The maximum atomic E-state index is 12.0. The molecule has 0 atom stereocenters. The molecule has 0 bridgehead atoms. The molecule has 0 radical (unpaired) electrons. The highest BCUT2D eigenvalue weighted by Crippen LogP contribution is 2.17. The summed E-state index contributed by atoms with van der Waals surface area (Å²) in [5.41, 5.74) is -0.112. The summed E-state index contributed by atoms with van der Waals surface area (Å²) in [6.07, 6.45) is 0. The SMILES string of the molecule is Cc1cc(NS(=O)(=O)c2cccc(C(=O)O)c2)no1. The van der Waals surface area contributed by atoms with Crippen molar-refractivity contribution in [1.29, 1.82) is 0 Å². The molecule has 1 heterocycles. The van der Waals surface area contributed by atoms with Crippen molar-refractivity contribution in [3.63, 3.8) is 0 Å². The van der Waals surface area contributed by atoms with E-state index in [1.54, 1.807) is 6.92 Å². The van der Waals surface area contributed by atoms with Gasteiger partial charge in [-0.3, -0.25) is 4.72 Å². The third kappa shape index (κ3) is 2.91. The lowest BCUT2D eigenvalue weighted by atomic mass is 10.2. The molecule has 0 spiro atoms. The summed E-state index contributed by atoms with van der Waals surface area (Å²) in [6.45, 7) is 1.62. The molecule has 0 saturated carbocycles. The van der Waals surface area contributed by atoms with Crippen LogP contribution in [0.3, 0.4) is 0 Å². The Morgan fingerprint density at radius 2 is 2.11 bits per heavy atom. The number of anilines is 1. The fourth-order valence-corrected chi connectivity index (χ4v) is 2.44. The second-order valence-corrected chi connectivity index (χ2v) is 5.44. The maximum absolute atomic E-state index is 12.0. The highest BCUT2D eigenvalue weighted by atomic mass is 32.2. The van der Waals surface area contributed by atoms with Gasteiger partial charge in [-0.25, -0.2) is 13.2 Å². The summed E-state index contributed by atoms with van der Waals surface area (Å²) in [5, 5.41) is 12.3. The zero-order valence-electron chi connectivity index (χ0n) is 9.82. The Labute approximate surface area is 108 Å². The minimum Gasteiger partial charge on any atom is -0.478 e. The number of hydrogen-bond donors (Lipinski definition) is 2. The van der Waals surface area contributed by atoms with Crippen LogP contribution in [0, 0.1) is 6.92 Å². The molecule has 100 valence electrons. The van der Waals surface area contributed by atoms with Gasteiger partial charge in [0.25, 0.3) is 10.0 Å². The second-order valence-electron chi connectivity index (χ2n) is 3.76. The number of nitrogens with zero attached hydrogens (tertiary/aromatic N) is 1. The Balaban J connectivity index is 2.34. The van der Waals surface area contributed by atoms with Crippen molar-refractivity contribution >= 4 is 21.8 Å². The fraction of sp³-hybridized carbons (Fsp3) is 0.0909. The van der Waals surface area contributed by atoms with Gasteiger partial charge in [0, 0.05) is 6.07 Å². The Morgan fingerprint density at radius 3 is 2.68 bits per heavy atom. The lowest BCUT2D eigenvalue weighted by Gasteiger charge is -2.05. The average Bonchev–Trinajstić information content (AvgIpc) is 2.74. The second kappa shape index (κ2) is 4.73. The monoisotopic (exact) mass is 282 g/mol. The van der Waals surface area contributed by atoms with Crippen molar-refractivity contribution in [3.05, 3.63) is 41.7 Å². The highest BCUT2D eigenvalue weighted by molar-refractivity contribution is 7.92. The highest BCUT2D eigenvalue weighted by Gasteiger charge is 2.17. The molecule has 0 unspecified atom stereocenters. The van der Waals surface area contributed by atoms with Gasteiger partial charge in [-0.15, -0.1) is 0 Å². The number of aromatic nitrogens is 1. The van der Waals surface area contributed by atoms with Crippen molar-refractivity contribution in [2.24, 2.45) is 0 Å². The number of carboxylic acids is 1. The van der Waals surface area contributed by atoms with E-state index >= 15 is 0 Å². The van der Waals surface area contributed by atoms with Crippen LogP contribution in [0.15, 0.2) is 39.8 Å². The fourth-order valence-electron chi connectivity index (χ4n) is 1.41. The zero-order valence-corrected chi connectivity index (χ0v) is 10.6. The van der Waals surface area contributed by atoms with Crippen molar-refractivity contribution in [2.45, 2.75) is 11.8 Å². The van der Waals surface area contributed by atoms with Crippen molar-refractivity contribution in [2.75, 3.05) is 4.72 Å². The minimum absolute atomic E-state index is 0.0400. The molecule has 0 aliphatic rings. The topological polar surface area (TPSA) is 110 Å². The van der Waals surface area contributed by atoms with Gasteiger partial charge in [0.15, 0.2) is 5.82 Å². The number of rotatable bonds is 4. The van der Waals surface area contributed by atoms with Gasteiger partial charge in [-0.05, 0) is 25.1 Å². The first kappa shape index (κ1) is 13.1. The molecule has 7 nitrogen and oxygen atoms in total. The molecule has 0 saturated heterocycles. The molecular formula is C11H10N2O5S. The van der Waals surface area contributed by atoms with Crippen LogP contribution in [0.1, 0.15) is 16.1 Å². The Kier molecular flexibility index (Phi) is 3.26. The van der Waals surface area contributed by atoms with E-state index in [0.717, 1.165) is 6.07 Å². The molecule has 0 aliphatic heterocycles. The van der Waals surface area contributed by atoms with E-state index in [9.17, 15) is 13.2 Å². The first-order chi connectivity index (χ1) is 8.88. The Morgan fingerprint density at radius 1 is 1.37 bits per heavy atom. The number of nitrogens with one attached hydrogen (secondary N) is 1. The molecule has 2 rings (SSSR count). The smallest absolute Gasteiger partial charge is 0.335 e. The normalized spacial score (nSPS) is 11.2. The van der Waals surface area contributed by atoms with Gasteiger partial charge in [0.1, 0.15) is 5.76 Å². The lowest BCUT2D eigenvalue weighted by Crippen LogP contribution is -2.13. The van der Waals surface area contributed by atoms with Crippen LogP contribution in [-0.4, -0.2) is 24.7 Å². The molecule has 1 aromatic heterocycles. The van der Waals surface area contributed by atoms with E-state index in [-0.39, 0.29) is 16.3 Å². The van der Waals surface area contributed by atoms with Gasteiger partial charge in [0.2, 0.25) is 0 Å². The van der Waals surface area contributed by atoms with Crippen molar-refractivity contribution < 1.29 is 22.8 Å². The van der Waals surface area contributed by atoms with Gasteiger partial charge < -0.3 is 9.63 Å². The molecule has 0 aliphatic carbocycles. The standard InChI is InChI=1S/C11H10N2O5S/c1-7-5-10(12-18-7)13-19(16,17)9-4-2-3-8(6-9)11(14)15/h2-6H,1H3,(H,12,13)(H,14,15). The molecular weight excluding hydrogens is 272 g/mol. The van der Waals surface area contributed by atoms with E-state index < -0.39 is 16.0 Å². The van der Waals surface area contributed by atoms with E-state index in [4.69, 9.17) is 9.63 Å². The molecule has 8 heteroatoms. The van der Waals surface area contributed by atoms with Gasteiger partial charge in [-0.2, -0.15) is 0 Å². The van der Waals surface area contributed by atoms with E-state index in [0.29, 0.717) is 5.76 Å². The van der Waals surface area contributed by atoms with E-state index in [1.165, 1.54) is 24.3 Å². The summed E-state index contributed by atoms with van der Waals surface area (Å²) in [5.74, 6) is -0.704. The van der Waals surface area contributed by atoms with E-state index in [2.05, 4.69) is 9.88 Å².